The first-order chi connectivity index (χ1) is 7.51. The fourth-order valence-electron chi connectivity index (χ4n) is 1.08. The third-order valence-corrected chi connectivity index (χ3v) is 2.10. The van der Waals surface area contributed by atoms with Crippen molar-refractivity contribution in [3.63, 3.8) is 0 Å². The van der Waals surface area contributed by atoms with E-state index < -0.39 is 29.4 Å². The van der Waals surface area contributed by atoms with Gasteiger partial charge in [-0.25, -0.2) is 18.6 Å². The van der Waals surface area contributed by atoms with Gasteiger partial charge in [-0.3, -0.25) is 0 Å². The second-order valence-corrected chi connectivity index (χ2v) is 3.09. The molecule has 0 saturated carbocycles. The Bertz CT molecular complexity index is 412. The third kappa shape index (κ3) is 2.38. The van der Waals surface area contributed by atoms with Gasteiger partial charge in [0, 0.05) is 0 Å². The van der Waals surface area contributed by atoms with Gasteiger partial charge in [0.25, 0.3) is 6.43 Å². The number of ether oxygens (including phenoxy) is 1. The number of methoxy groups -OCH3 is 1. The molecule has 0 aliphatic carbocycles. The zero-order chi connectivity index (χ0) is 12.3. The van der Waals surface area contributed by atoms with Gasteiger partial charge in [-0.2, -0.15) is 0 Å². The van der Waals surface area contributed by atoms with E-state index in [0.29, 0.717) is 0 Å². The fraction of sp³-hybridized carbons (Fsp3) is 0.333. The molecule has 1 N–H and O–H groups in total. The molecular weight excluding hydrogens is 244 g/mol. The van der Waals surface area contributed by atoms with Gasteiger partial charge >= 0.3 is 5.97 Å². The van der Waals surface area contributed by atoms with Crippen LogP contribution in [-0.4, -0.2) is 23.2 Å². The second-order valence-electron chi connectivity index (χ2n) is 2.82. The van der Waals surface area contributed by atoms with E-state index in [2.05, 4.69) is 9.72 Å². The van der Waals surface area contributed by atoms with Crippen molar-refractivity contribution >= 4 is 17.6 Å². The predicted molar refractivity (Wildman–Crippen MR) is 51.8 cm³/mol. The number of hydrogen-bond donors (Lipinski definition) is 1. The number of aromatic nitrogens is 1. The van der Waals surface area contributed by atoms with Crippen LogP contribution in [0.15, 0.2) is 6.07 Å². The minimum Gasteiger partial charge on any atom is -0.506 e. The molecular formula is C9H8ClF2NO3. The first kappa shape index (κ1) is 12.6. The van der Waals surface area contributed by atoms with Crippen molar-refractivity contribution in [2.45, 2.75) is 12.3 Å². The molecule has 1 heterocycles. The van der Waals surface area contributed by atoms with Crippen LogP contribution in [0.5, 0.6) is 5.75 Å². The predicted octanol–water partition coefficient (Wildman–Crippen LogP) is 2.25. The van der Waals surface area contributed by atoms with Gasteiger partial charge in [0.15, 0.2) is 5.69 Å². The van der Waals surface area contributed by atoms with E-state index in [1.165, 1.54) is 0 Å². The van der Waals surface area contributed by atoms with Crippen LogP contribution in [0.1, 0.15) is 28.2 Å². The van der Waals surface area contributed by atoms with Gasteiger partial charge in [-0.1, -0.05) is 0 Å². The molecule has 0 atom stereocenters. The number of halogens is 3. The summed E-state index contributed by atoms with van der Waals surface area (Å²) in [4.78, 5) is 14.7. The lowest BCUT2D eigenvalue weighted by molar-refractivity contribution is 0.0581. The number of aromatic hydroxyl groups is 1. The molecule has 16 heavy (non-hydrogen) atoms. The van der Waals surface area contributed by atoms with Crippen LogP contribution in [0.2, 0.25) is 0 Å². The average Bonchev–Trinajstić information content (AvgIpc) is 2.27. The molecule has 1 aromatic heterocycles. The van der Waals surface area contributed by atoms with Gasteiger partial charge in [-0.05, 0) is 6.07 Å². The summed E-state index contributed by atoms with van der Waals surface area (Å²) in [5, 5.41) is 9.29. The topological polar surface area (TPSA) is 59.4 Å². The van der Waals surface area contributed by atoms with Crippen molar-refractivity contribution in [2.75, 3.05) is 7.11 Å². The molecule has 0 unspecified atom stereocenters. The lowest BCUT2D eigenvalue weighted by Gasteiger charge is -2.09. The Morgan fingerprint density at radius 1 is 1.69 bits per heavy atom. The minimum absolute atomic E-state index is 0.0496. The number of hydrogen-bond acceptors (Lipinski definition) is 4. The standard InChI is InChI=1S/C9H8ClF2NO3/c1-16-9(15)7-4(8(11)12)2-6(14)5(3-10)13-7/h2,8,14H,3H2,1H3. The van der Waals surface area contributed by atoms with Crippen LogP contribution in [0.25, 0.3) is 0 Å². The summed E-state index contributed by atoms with van der Waals surface area (Å²) in [5.74, 6) is -1.67. The van der Waals surface area contributed by atoms with E-state index in [1.807, 2.05) is 0 Å². The Labute approximate surface area is 94.8 Å². The largest absolute Gasteiger partial charge is 0.506 e. The summed E-state index contributed by atoms with van der Waals surface area (Å²) in [6, 6.07) is 0.766. The lowest BCUT2D eigenvalue weighted by atomic mass is 10.1. The van der Waals surface area contributed by atoms with Crippen LogP contribution >= 0.6 is 11.6 Å². The van der Waals surface area contributed by atoms with Crippen molar-refractivity contribution < 1.29 is 23.4 Å². The highest BCUT2D eigenvalue weighted by molar-refractivity contribution is 6.17. The first-order valence-electron chi connectivity index (χ1n) is 4.16. The number of nitrogens with zero attached hydrogens (tertiary/aromatic N) is 1. The van der Waals surface area contributed by atoms with Gasteiger partial charge in [0.1, 0.15) is 5.75 Å². The molecule has 7 heteroatoms. The van der Waals surface area contributed by atoms with Crippen molar-refractivity contribution in [1.82, 2.24) is 4.98 Å². The monoisotopic (exact) mass is 251 g/mol. The van der Waals surface area contributed by atoms with Crippen molar-refractivity contribution in [3.05, 3.63) is 23.0 Å². The molecule has 0 fully saturated rings. The van der Waals surface area contributed by atoms with Gasteiger partial charge in [-0.15, -0.1) is 11.6 Å². The van der Waals surface area contributed by atoms with E-state index in [-0.39, 0.29) is 11.6 Å². The van der Waals surface area contributed by atoms with E-state index in [4.69, 9.17) is 11.6 Å². The smallest absolute Gasteiger partial charge is 0.357 e. The van der Waals surface area contributed by atoms with Gasteiger partial charge in [0.2, 0.25) is 0 Å². The van der Waals surface area contributed by atoms with Crippen molar-refractivity contribution in [1.29, 1.82) is 0 Å². The summed E-state index contributed by atoms with van der Waals surface area (Å²) >= 11 is 5.42. The molecule has 0 bridgehead atoms. The molecule has 0 aromatic carbocycles. The normalized spacial score (nSPS) is 10.6. The molecule has 0 amide bonds. The van der Waals surface area contributed by atoms with Crippen LogP contribution in [-0.2, 0) is 10.6 Å². The number of carbonyl (C=O) groups is 1. The van der Waals surface area contributed by atoms with Crippen molar-refractivity contribution in [2.24, 2.45) is 0 Å². The van der Waals surface area contributed by atoms with E-state index >= 15 is 0 Å². The second kappa shape index (κ2) is 5.07. The highest BCUT2D eigenvalue weighted by Crippen LogP contribution is 2.28. The molecule has 4 nitrogen and oxygen atoms in total. The zero-order valence-electron chi connectivity index (χ0n) is 8.21. The maximum Gasteiger partial charge on any atom is 0.357 e. The SMILES string of the molecule is COC(=O)c1nc(CCl)c(O)cc1C(F)F. The van der Waals surface area contributed by atoms with Crippen LogP contribution in [0, 0.1) is 0 Å². The Kier molecular flexibility index (Phi) is 4.00. The van der Waals surface area contributed by atoms with Gasteiger partial charge < -0.3 is 9.84 Å². The highest BCUT2D eigenvalue weighted by Gasteiger charge is 2.23. The maximum absolute atomic E-state index is 12.5. The molecule has 0 radical (unpaired) electrons. The summed E-state index contributed by atoms with van der Waals surface area (Å²) < 4.78 is 29.4. The van der Waals surface area contributed by atoms with Gasteiger partial charge in [0.05, 0.1) is 24.2 Å². The van der Waals surface area contributed by atoms with E-state index in [1.54, 1.807) is 0 Å². The number of esters is 1. The highest BCUT2D eigenvalue weighted by atomic mass is 35.5. The Hall–Kier alpha value is -1.43. The molecule has 1 rings (SSSR count). The molecule has 1 aromatic rings. The van der Waals surface area contributed by atoms with E-state index in [9.17, 15) is 18.7 Å². The van der Waals surface area contributed by atoms with Crippen molar-refractivity contribution in [3.8, 4) is 5.75 Å². The van der Waals surface area contributed by atoms with Crippen LogP contribution in [0.4, 0.5) is 8.78 Å². The number of carbonyl (C=O) groups excluding carboxylic acids is 1. The summed E-state index contributed by atoms with van der Waals surface area (Å²) in [6.45, 7) is 0. The molecule has 0 aliphatic rings. The molecule has 88 valence electrons. The van der Waals surface area contributed by atoms with E-state index in [0.717, 1.165) is 13.2 Å². The Morgan fingerprint density at radius 2 is 2.31 bits per heavy atom. The summed E-state index contributed by atoms with van der Waals surface area (Å²) in [6.07, 6.45) is -2.93. The Balaban J connectivity index is 3.36. The first-order valence-corrected chi connectivity index (χ1v) is 4.70. The zero-order valence-corrected chi connectivity index (χ0v) is 8.96. The molecule has 0 aliphatic heterocycles. The van der Waals surface area contributed by atoms with Crippen LogP contribution < -0.4 is 0 Å². The maximum atomic E-state index is 12.5. The minimum atomic E-state index is -2.93. The molecule has 0 saturated heterocycles. The third-order valence-electron chi connectivity index (χ3n) is 1.85. The average molecular weight is 252 g/mol. The number of rotatable bonds is 3. The fourth-order valence-corrected chi connectivity index (χ4v) is 1.28. The number of pyridine rings is 1. The Morgan fingerprint density at radius 3 is 2.75 bits per heavy atom. The number of alkyl halides is 3. The quantitative estimate of drug-likeness (QED) is 0.661. The summed E-state index contributed by atoms with van der Waals surface area (Å²) in [7, 11) is 1.05. The molecule has 0 spiro atoms. The van der Waals surface area contributed by atoms with Crippen LogP contribution in [0.3, 0.4) is 0 Å². The summed E-state index contributed by atoms with van der Waals surface area (Å²) in [5.41, 5.74) is -1.27. The lowest BCUT2D eigenvalue weighted by Crippen LogP contribution is -2.10.